The van der Waals surface area contributed by atoms with E-state index in [4.69, 9.17) is 0 Å². The van der Waals surface area contributed by atoms with Crippen LogP contribution < -0.4 is 10.6 Å². The molecule has 1 aromatic carbocycles. The second-order valence-corrected chi connectivity index (χ2v) is 10.8. The molecule has 39 heavy (non-hydrogen) atoms. The van der Waals surface area contributed by atoms with Crippen LogP contribution in [0.2, 0.25) is 0 Å². The normalized spacial score (nSPS) is 23.2. The monoisotopic (exact) mass is 556 g/mol. The van der Waals surface area contributed by atoms with Crippen LogP contribution >= 0.6 is 0 Å². The number of nitrogens with zero attached hydrogens (tertiary/aromatic N) is 2. The van der Waals surface area contributed by atoms with Crippen molar-refractivity contribution in [1.82, 2.24) is 15.2 Å². The van der Waals surface area contributed by atoms with E-state index in [2.05, 4.69) is 36.3 Å². The molecule has 6 nitrogen and oxygen atoms in total. The number of rotatable bonds is 6. The summed E-state index contributed by atoms with van der Waals surface area (Å²) in [5, 5.41) is 5.18. The third kappa shape index (κ3) is 5.99. The predicted octanol–water partition coefficient (Wildman–Crippen LogP) is 5.31. The van der Waals surface area contributed by atoms with Crippen LogP contribution in [0.5, 0.6) is 0 Å². The largest absolute Gasteiger partial charge is 0.471 e. The van der Waals surface area contributed by atoms with Crippen LogP contribution in [0.15, 0.2) is 42.6 Å². The summed E-state index contributed by atoms with van der Waals surface area (Å²) in [6.45, 7) is 4.20. The maximum absolute atomic E-state index is 14.1. The molecule has 2 N–H and O–H groups in total. The number of hydrogen-bond donors (Lipinski definition) is 2. The van der Waals surface area contributed by atoms with Crippen molar-refractivity contribution in [2.45, 2.75) is 75.4 Å². The summed E-state index contributed by atoms with van der Waals surface area (Å²) in [4.78, 5) is 28.7. The molecule has 2 amide bonds. The van der Waals surface area contributed by atoms with Gasteiger partial charge in [0.2, 0.25) is 5.91 Å². The topological polar surface area (TPSA) is 74.3 Å². The quantitative estimate of drug-likeness (QED) is 0.474. The van der Waals surface area contributed by atoms with Gasteiger partial charge in [0.1, 0.15) is 0 Å². The summed E-state index contributed by atoms with van der Waals surface area (Å²) in [7, 11) is 1.01. The van der Waals surface area contributed by atoms with Crippen molar-refractivity contribution in [3.63, 3.8) is 0 Å². The van der Waals surface area contributed by atoms with E-state index in [0.29, 0.717) is 10.6 Å². The van der Waals surface area contributed by atoms with Crippen LogP contribution in [0.25, 0.3) is 0 Å². The minimum absolute atomic E-state index is 0.00152. The molecule has 4 rings (SSSR count). The molecule has 1 heterocycles. The Morgan fingerprint density at radius 1 is 1.05 bits per heavy atom. The van der Waals surface area contributed by atoms with Crippen molar-refractivity contribution in [1.29, 1.82) is 0 Å². The first-order chi connectivity index (χ1) is 18.1. The van der Waals surface area contributed by atoms with Gasteiger partial charge in [0.25, 0.3) is 0 Å². The van der Waals surface area contributed by atoms with Crippen LogP contribution in [-0.2, 0) is 21.4 Å². The number of carbonyl (C=O) groups is 2. The molecule has 1 aromatic heterocycles. The van der Waals surface area contributed by atoms with E-state index in [9.17, 15) is 35.9 Å². The summed E-state index contributed by atoms with van der Waals surface area (Å²) in [6.07, 6.45) is -7.92. The van der Waals surface area contributed by atoms with Crippen LogP contribution in [0.1, 0.15) is 56.0 Å². The number of halogens is 6. The molecule has 4 atom stereocenters. The number of carbonyl (C=O) groups excluding carboxylic acids is 2. The van der Waals surface area contributed by atoms with Gasteiger partial charge >= 0.3 is 18.3 Å². The Kier molecular flexibility index (Phi) is 7.61. The van der Waals surface area contributed by atoms with Crippen molar-refractivity contribution >= 4 is 17.5 Å². The van der Waals surface area contributed by atoms with E-state index >= 15 is 0 Å². The van der Waals surface area contributed by atoms with Crippen molar-refractivity contribution in [2.24, 2.45) is 5.92 Å². The average Bonchev–Trinajstić information content (AvgIpc) is 3.40. The van der Waals surface area contributed by atoms with Crippen LogP contribution in [0, 0.1) is 5.92 Å². The highest BCUT2D eigenvalue weighted by Crippen LogP contribution is 2.41. The number of amides is 2. The van der Waals surface area contributed by atoms with Gasteiger partial charge in [-0.2, -0.15) is 26.3 Å². The molecule has 2 aliphatic carbocycles. The highest BCUT2D eigenvalue weighted by molar-refractivity contribution is 5.83. The molecule has 2 aromatic rings. The molecule has 0 spiro atoms. The molecule has 1 unspecified atom stereocenters. The molecule has 0 bridgehead atoms. The first kappa shape index (κ1) is 28.7. The predicted molar refractivity (Wildman–Crippen MR) is 132 cm³/mol. The van der Waals surface area contributed by atoms with Gasteiger partial charge in [-0.25, -0.2) is 0 Å². The van der Waals surface area contributed by atoms with E-state index in [0.717, 1.165) is 13.5 Å². The molecular formula is C27H30F6N4O2. The summed E-state index contributed by atoms with van der Waals surface area (Å²) < 4.78 is 80.0. The zero-order valence-corrected chi connectivity index (χ0v) is 21.7. The number of aromatic nitrogens is 1. The van der Waals surface area contributed by atoms with E-state index in [1.807, 2.05) is 12.1 Å². The van der Waals surface area contributed by atoms with Crippen LogP contribution in [-0.4, -0.2) is 53.2 Å². The number of pyridine rings is 1. The first-order valence-corrected chi connectivity index (χ1v) is 12.6. The Hall–Kier alpha value is -3.31. The lowest BCUT2D eigenvalue weighted by Crippen LogP contribution is -2.44. The second kappa shape index (κ2) is 10.3. The second-order valence-electron chi connectivity index (χ2n) is 10.8. The Morgan fingerprint density at radius 2 is 1.74 bits per heavy atom. The van der Waals surface area contributed by atoms with Gasteiger partial charge in [0, 0.05) is 30.5 Å². The van der Waals surface area contributed by atoms with Gasteiger partial charge in [-0.1, -0.05) is 38.1 Å². The van der Waals surface area contributed by atoms with Crippen LogP contribution in [0.3, 0.4) is 0 Å². The minimum Gasteiger partial charge on any atom is -0.380 e. The fourth-order valence-electron chi connectivity index (χ4n) is 5.68. The summed E-state index contributed by atoms with van der Waals surface area (Å²) in [6, 6.07) is 7.49. The van der Waals surface area contributed by atoms with Gasteiger partial charge < -0.3 is 15.5 Å². The highest BCUT2D eigenvalue weighted by Gasteiger charge is 2.48. The standard InChI is InChI=1S/C27H30F6N4O2/c1-25(2)19-7-5-4-6-15(19)13-21(25)35-18-10-11-20(34-14-18)22(26(28,29)30)37(3)23(38)16-8-9-17(12-16)36-24(39)27(31,32)33/h4-7,10-11,14,16-17,21-22,35H,8-9,12-13H2,1-3H3,(H,36,39)/t16-,17+,21?,22+/m1/s1. The van der Waals surface area contributed by atoms with Gasteiger partial charge in [-0.15, -0.1) is 0 Å². The molecule has 212 valence electrons. The lowest BCUT2D eigenvalue weighted by Gasteiger charge is -2.32. The third-order valence-corrected chi connectivity index (χ3v) is 7.83. The van der Waals surface area contributed by atoms with E-state index in [1.54, 1.807) is 5.32 Å². The average molecular weight is 557 g/mol. The van der Waals surface area contributed by atoms with Crippen molar-refractivity contribution in [3.8, 4) is 0 Å². The lowest BCUT2D eigenvalue weighted by atomic mass is 9.83. The summed E-state index contributed by atoms with van der Waals surface area (Å²) >= 11 is 0. The molecule has 1 saturated carbocycles. The highest BCUT2D eigenvalue weighted by atomic mass is 19.4. The molecule has 0 aliphatic heterocycles. The van der Waals surface area contributed by atoms with Gasteiger partial charge in [-0.3, -0.25) is 14.6 Å². The van der Waals surface area contributed by atoms with Gasteiger partial charge in [-0.05, 0) is 48.9 Å². The number of hydrogen-bond acceptors (Lipinski definition) is 4. The number of nitrogens with one attached hydrogen (secondary N) is 2. The maximum atomic E-state index is 14.1. The van der Waals surface area contributed by atoms with Crippen molar-refractivity contribution in [2.75, 3.05) is 12.4 Å². The molecule has 0 radical (unpaired) electrons. The lowest BCUT2D eigenvalue weighted by molar-refractivity contribution is -0.191. The number of benzene rings is 1. The first-order valence-electron chi connectivity index (χ1n) is 12.6. The fourth-order valence-corrected chi connectivity index (χ4v) is 5.68. The van der Waals surface area contributed by atoms with Crippen molar-refractivity contribution < 1.29 is 35.9 Å². The Labute approximate surface area is 222 Å². The number of alkyl halides is 6. The van der Waals surface area contributed by atoms with E-state index in [-0.39, 0.29) is 36.4 Å². The van der Waals surface area contributed by atoms with E-state index < -0.39 is 42.2 Å². The Balaban J connectivity index is 1.45. The molecule has 0 saturated heterocycles. The Morgan fingerprint density at radius 3 is 2.33 bits per heavy atom. The number of anilines is 1. The van der Waals surface area contributed by atoms with Crippen molar-refractivity contribution in [3.05, 3.63) is 59.4 Å². The third-order valence-electron chi connectivity index (χ3n) is 7.83. The molecule has 2 aliphatic rings. The maximum Gasteiger partial charge on any atom is 0.471 e. The molecule has 12 heteroatoms. The number of fused-ring (bicyclic) bond motifs is 1. The summed E-state index contributed by atoms with van der Waals surface area (Å²) in [5.41, 5.74) is 2.36. The summed E-state index contributed by atoms with van der Waals surface area (Å²) in [5.74, 6) is -3.95. The zero-order valence-electron chi connectivity index (χ0n) is 21.7. The fraction of sp³-hybridized carbons (Fsp3) is 0.519. The van der Waals surface area contributed by atoms with Gasteiger partial charge in [0.15, 0.2) is 6.04 Å². The molecular weight excluding hydrogens is 526 g/mol. The zero-order chi connectivity index (χ0) is 28.8. The molecule has 1 fully saturated rings. The SMILES string of the molecule is CN(C(=O)[C@@H]1CC[C@H](NC(=O)C(F)(F)F)C1)[C@@H](c1ccc(NC2Cc3ccccc3C2(C)C)cn1)C(F)(F)F. The smallest absolute Gasteiger partial charge is 0.380 e. The van der Waals surface area contributed by atoms with Gasteiger partial charge in [0.05, 0.1) is 17.6 Å². The van der Waals surface area contributed by atoms with Crippen LogP contribution in [0.4, 0.5) is 32.0 Å². The van der Waals surface area contributed by atoms with E-state index in [1.165, 1.54) is 29.5 Å². The minimum atomic E-state index is -5.08. The Bertz CT molecular complexity index is 1210.